The highest BCUT2D eigenvalue weighted by atomic mass is 19.1. The van der Waals surface area contributed by atoms with Crippen LogP contribution in [0.2, 0.25) is 0 Å². The van der Waals surface area contributed by atoms with Crippen LogP contribution in [0.25, 0.3) is 0 Å². The van der Waals surface area contributed by atoms with E-state index in [1.807, 2.05) is 23.1 Å². The SMILES string of the molecule is CC(C)(C)[NH+](Cc1ccc(F)cc1)Cc1ccc(C(=O)N2CCCCC2)o1. The smallest absolute Gasteiger partial charge is 0.289 e. The molecule has 1 amide bonds. The van der Waals surface area contributed by atoms with Crippen molar-refractivity contribution >= 4 is 5.91 Å². The zero-order valence-electron chi connectivity index (χ0n) is 16.6. The predicted molar refractivity (Wildman–Crippen MR) is 103 cm³/mol. The van der Waals surface area contributed by atoms with Gasteiger partial charge in [0, 0.05) is 18.7 Å². The van der Waals surface area contributed by atoms with Crippen molar-refractivity contribution in [2.24, 2.45) is 0 Å². The highest BCUT2D eigenvalue weighted by molar-refractivity contribution is 5.91. The van der Waals surface area contributed by atoms with E-state index in [4.69, 9.17) is 4.42 Å². The van der Waals surface area contributed by atoms with E-state index < -0.39 is 0 Å². The van der Waals surface area contributed by atoms with Crippen LogP contribution < -0.4 is 4.90 Å². The number of quaternary nitrogens is 1. The summed E-state index contributed by atoms with van der Waals surface area (Å²) >= 11 is 0. The van der Waals surface area contributed by atoms with Crippen LogP contribution in [0.4, 0.5) is 4.39 Å². The van der Waals surface area contributed by atoms with Crippen LogP contribution in [0.3, 0.4) is 0 Å². The number of rotatable bonds is 5. The van der Waals surface area contributed by atoms with Crippen molar-refractivity contribution in [3.05, 3.63) is 59.3 Å². The average Bonchev–Trinajstić information content (AvgIpc) is 3.11. The molecule has 0 saturated carbocycles. The molecule has 27 heavy (non-hydrogen) atoms. The number of halogens is 1. The van der Waals surface area contributed by atoms with Gasteiger partial charge in [-0.2, -0.15) is 0 Å². The van der Waals surface area contributed by atoms with Crippen LogP contribution >= 0.6 is 0 Å². The number of benzene rings is 1. The van der Waals surface area contributed by atoms with Crippen LogP contribution in [0.1, 0.15) is 61.9 Å². The Balaban J connectivity index is 1.69. The maximum Gasteiger partial charge on any atom is 0.289 e. The van der Waals surface area contributed by atoms with Crippen molar-refractivity contribution in [1.82, 2.24) is 4.90 Å². The van der Waals surface area contributed by atoms with Gasteiger partial charge in [-0.15, -0.1) is 0 Å². The Morgan fingerprint density at radius 2 is 1.70 bits per heavy atom. The Labute approximate surface area is 161 Å². The molecule has 0 radical (unpaired) electrons. The normalized spacial score (nSPS) is 16.4. The molecule has 0 bridgehead atoms. The number of furan rings is 1. The van der Waals surface area contributed by atoms with Gasteiger partial charge in [-0.1, -0.05) is 12.1 Å². The minimum absolute atomic E-state index is 0.00297. The van der Waals surface area contributed by atoms with Gasteiger partial charge in [0.25, 0.3) is 5.91 Å². The molecule has 1 aromatic heterocycles. The van der Waals surface area contributed by atoms with Gasteiger partial charge in [-0.25, -0.2) is 4.39 Å². The third-order valence-corrected chi connectivity index (χ3v) is 5.29. The van der Waals surface area contributed by atoms with Crippen molar-refractivity contribution in [2.45, 2.75) is 58.7 Å². The molecule has 1 N–H and O–H groups in total. The predicted octanol–water partition coefficient (Wildman–Crippen LogP) is 3.43. The topological polar surface area (TPSA) is 37.9 Å². The molecule has 1 saturated heterocycles. The van der Waals surface area contributed by atoms with E-state index in [1.54, 1.807) is 6.07 Å². The number of hydrogen-bond acceptors (Lipinski definition) is 2. The Kier molecular flexibility index (Phi) is 6.00. The lowest BCUT2D eigenvalue weighted by Gasteiger charge is -2.32. The van der Waals surface area contributed by atoms with Gasteiger partial charge in [0.2, 0.25) is 0 Å². The zero-order chi connectivity index (χ0) is 19.4. The van der Waals surface area contributed by atoms with Gasteiger partial charge in [0.1, 0.15) is 18.9 Å². The first-order valence-electron chi connectivity index (χ1n) is 9.80. The first-order valence-corrected chi connectivity index (χ1v) is 9.80. The summed E-state index contributed by atoms with van der Waals surface area (Å²) in [6.07, 6.45) is 3.33. The number of nitrogens with one attached hydrogen (secondary N) is 1. The minimum Gasteiger partial charge on any atom is -0.450 e. The summed E-state index contributed by atoms with van der Waals surface area (Å²) in [7, 11) is 0. The second-order valence-electron chi connectivity index (χ2n) is 8.45. The molecule has 1 fully saturated rings. The lowest BCUT2D eigenvalue weighted by atomic mass is 10.0. The summed E-state index contributed by atoms with van der Waals surface area (Å²) in [4.78, 5) is 15.8. The number of piperidine rings is 1. The number of likely N-dealkylation sites (tertiary alicyclic amines) is 1. The maximum atomic E-state index is 13.2. The zero-order valence-corrected chi connectivity index (χ0v) is 16.6. The molecule has 146 valence electrons. The first-order chi connectivity index (χ1) is 12.8. The van der Waals surface area contributed by atoms with E-state index in [9.17, 15) is 9.18 Å². The first kappa shape index (κ1) is 19.6. The van der Waals surface area contributed by atoms with Gasteiger partial charge >= 0.3 is 0 Å². The largest absolute Gasteiger partial charge is 0.450 e. The van der Waals surface area contributed by atoms with Crippen LogP contribution in [0, 0.1) is 5.82 Å². The monoisotopic (exact) mass is 373 g/mol. The summed E-state index contributed by atoms with van der Waals surface area (Å²) in [6, 6.07) is 10.4. The van der Waals surface area contributed by atoms with Gasteiger partial charge in [0.05, 0.1) is 5.54 Å². The molecule has 5 heteroatoms. The molecular formula is C22H30FN2O2+. The summed E-state index contributed by atoms with van der Waals surface area (Å²) in [5.41, 5.74) is 1.07. The molecule has 1 unspecified atom stereocenters. The quantitative estimate of drug-likeness (QED) is 0.872. The van der Waals surface area contributed by atoms with E-state index >= 15 is 0 Å². The van der Waals surface area contributed by atoms with Crippen LogP contribution in [-0.4, -0.2) is 29.4 Å². The summed E-state index contributed by atoms with van der Waals surface area (Å²) in [6.45, 7) is 9.60. The van der Waals surface area contributed by atoms with E-state index in [1.165, 1.54) is 23.5 Å². The fourth-order valence-corrected chi connectivity index (χ4v) is 3.49. The Morgan fingerprint density at radius 3 is 2.33 bits per heavy atom. The van der Waals surface area contributed by atoms with Crippen LogP contribution in [0.15, 0.2) is 40.8 Å². The molecule has 2 aromatic rings. The number of carbonyl (C=O) groups is 1. The van der Waals surface area contributed by atoms with Gasteiger partial charge in [0.15, 0.2) is 11.5 Å². The van der Waals surface area contributed by atoms with E-state index in [-0.39, 0.29) is 17.3 Å². The van der Waals surface area contributed by atoms with Crippen molar-refractivity contribution in [1.29, 1.82) is 0 Å². The number of nitrogens with zero attached hydrogens (tertiary/aromatic N) is 1. The van der Waals surface area contributed by atoms with Crippen molar-refractivity contribution in [3.8, 4) is 0 Å². The minimum atomic E-state index is -0.219. The molecule has 3 rings (SSSR count). The molecule has 2 heterocycles. The van der Waals surface area contributed by atoms with E-state index in [0.29, 0.717) is 12.3 Å². The third kappa shape index (κ3) is 5.19. The van der Waals surface area contributed by atoms with Crippen LogP contribution in [0.5, 0.6) is 0 Å². The number of hydrogen-bond donors (Lipinski definition) is 1. The summed E-state index contributed by atoms with van der Waals surface area (Å²) < 4.78 is 19.1. The highest BCUT2D eigenvalue weighted by Gasteiger charge is 2.28. The molecule has 1 atom stereocenters. The fourth-order valence-electron chi connectivity index (χ4n) is 3.49. The van der Waals surface area contributed by atoms with Crippen molar-refractivity contribution < 1.29 is 18.5 Å². The Bertz CT molecular complexity index is 755. The molecule has 0 spiro atoms. The van der Waals surface area contributed by atoms with E-state index in [2.05, 4.69) is 20.8 Å². The van der Waals surface area contributed by atoms with Crippen LogP contribution in [-0.2, 0) is 13.1 Å². The lowest BCUT2D eigenvalue weighted by Crippen LogP contribution is -3.16. The molecular weight excluding hydrogens is 343 g/mol. The summed E-state index contributed by atoms with van der Waals surface area (Å²) in [5.74, 6) is 1.02. The van der Waals surface area contributed by atoms with Gasteiger partial charge in [-0.05, 0) is 64.3 Å². The third-order valence-electron chi connectivity index (χ3n) is 5.29. The van der Waals surface area contributed by atoms with Gasteiger partial charge in [-0.3, -0.25) is 4.79 Å². The second-order valence-corrected chi connectivity index (χ2v) is 8.45. The Hall–Kier alpha value is -2.14. The fraction of sp³-hybridized carbons (Fsp3) is 0.500. The second kappa shape index (κ2) is 8.26. The standard InChI is InChI=1S/C22H29FN2O2/c1-22(2,3)25(15-17-7-9-18(23)10-8-17)16-19-11-12-20(27-19)21(26)24-13-5-4-6-14-24/h7-12H,4-6,13-16H2,1-3H3/p+1. The Morgan fingerprint density at radius 1 is 1.04 bits per heavy atom. The molecule has 1 aromatic carbocycles. The number of amides is 1. The van der Waals surface area contributed by atoms with Crippen molar-refractivity contribution in [2.75, 3.05) is 13.1 Å². The molecule has 4 nitrogen and oxygen atoms in total. The maximum absolute atomic E-state index is 13.2. The average molecular weight is 373 g/mol. The molecule has 0 aliphatic carbocycles. The lowest BCUT2D eigenvalue weighted by molar-refractivity contribution is -0.973. The van der Waals surface area contributed by atoms with Gasteiger partial charge < -0.3 is 14.2 Å². The molecule has 1 aliphatic heterocycles. The molecule has 1 aliphatic rings. The highest BCUT2D eigenvalue weighted by Crippen LogP contribution is 2.15. The number of carbonyl (C=O) groups excluding carboxylic acids is 1. The van der Waals surface area contributed by atoms with Crippen molar-refractivity contribution in [3.63, 3.8) is 0 Å². The van der Waals surface area contributed by atoms with E-state index in [0.717, 1.165) is 43.8 Å². The summed E-state index contributed by atoms with van der Waals surface area (Å²) in [5, 5.41) is 0.